The zero-order valence-corrected chi connectivity index (χ0v) is 10.3. The van der Waals surface area contributed by atoms with Crippen molar-refractivity contribution in [2.24, 2.45) is 10.9 Å². The van der Waals surface area contributed by atoms with Gasteiger partial charge in [0, 0.05) is 12.6 Å². The third kappa shape index (κ3) is 3.64. The number of nitrogens with two attached hydrogens (primary N) is 1. The standard InChI is InChI=1S/C11H24N4O/c1-3-10(11(12)14-16)13-8-9-6-4-5-7-15(9)2/h9-10,13,16H,3-8H2,1-2H3,(H2,12,14). The second-order valence-corrected chi connectivity index (χ2v) is 4.52. The van der Waals surface area contributed by atoms with Crippen LogP contribution < -0.4 is 11.1 Å². The summed E-state index contributed by atoms with van der Waals surface area (Å²) in [7, 11) is 2.16. The van der Waals surface area contributed by atoms with Gasteiger partial charge in [0.1, 0.15) is 0 Å². The summed E-state index contributed by atoms with van der Waals surface area (Å²) in [5.41, 5.74) is 5.60. The third-order valence-corrected chi connectivity index (χ3v) is 3.40. The van der Waals surface area contributed by atoms with Crippen LogP contribution in [0.3, 0.4) is 0 Å². The monoisotopic (exact) mass is 228 g/mol. The summed E-state index contributed by atoms with van der Waals surface area (Å²) in [5.74, 6) is 0.279. The van der Waals surface area contributed by atoms with Crippen LogP contribution in [0.5, 0.6) is 0 Å². The molecular weight excluding hydrogens is 204 g/mol. The Morgan fingerprint density at radius 1 is 1.62 bits per heavy atom. The molecule has 0 saturated carbocycles. The fourth-order valence-corrected chi connectivity index (χ4v) is 2.21. The largest absolute Gasteiger partial charge is 0.409 e. The van der Waals surface area contributed by atoms with Crippen molar-refractivity contribution in [2.45, 2.75) is 44.7 Å². The molecule has 1 saturated heterocycles. The molecule has 1 aliphatic rings. The highest BCUT2D eigenvalue weighted by molar-refractivity contribution is 5.85. The number of hydrogen-bond donors (Lipinski definition) is 3. The Morgan fingerprint density at radius 3 is 2.94 bits per heavy atom. The molecule has 0 aliphatic carbocycles. The Hall–Kier alpha value is -0.810. The number of nitrogens with zero attached hydrogens (tertiary/aromatic N) is 2. The molecule has 16 heavy (non-hydrogen) atoms. The van der Waals surface area contributed by atoms with Gasteiger partial charge in [-0.25, -0.2) is 0 Å². The summed E-state index contributed by atoms with van der Waals surface area (Å²) in [6, 6.07) is 0.564. The van der Waals surface area contributed by atoms with E-state index < -0.39 is 0 Å². The van der Waals surface area contributed by atoms with Crippen LogP contribution in [0.25, 0.3) is 0 Å². The van der Waals surface area contributed by atoms with E-state index in [1.165, 1.54) is 25.8 Å². The lowest BCUT2D eigenvalue weighted by Crippen LogP contribution is -2.49. The van der Waals surface area contributed by atoms with Crippen LogP contribution in [0.1, 0.15) is 32.6 Å². The first-order valence-electron chi connectivity index (χ1n) is 6.10. The quantitative estimate of drug-likeness (QED) is 0.279. The first-order chi connectivity index (χ1) is 7.69. The topological polar surface area (TPSA) is 73.9 Å². The van der Waals surface area contributed by atoms with E-state index in [-0.39, 0.29) is 11.9 Å². The zero-order valence-electron chi connectivity index (χ0n) is 10.3. The summed E-state index contributed by atoms with van der Waals surface area (Å²) in [5, 5.41) is 15.1. The minimum atomic E-state index is -0.0136. The minimum Gasteiger partial charge on any atom is -0.409 e. The van der Waals surface area contributed by atoms with Crippen molar-refractivity contribution < 1.29 is 5.21 Å². The van der Waals surface area contributed by atoms with Gasteiger partial charge >= 0.3 is 0 Å². The molecule has 0 amide bonds. The van der Waals surface area contributed by atoms with Crippen LogP contribution in [0.2, 0.25) is 0 Å². The zero-order chi connectivity index (χ0) is 12.0. The molecule has 0 aromatic rings. The van der Waals surface area contributed by atoms with Crippen LogP contribution in [-0.2, 0) is 0 Å². The van der Waals surface area contributed by atoms with Crippen molar-refractivity contribution in [2.75, 3.05) is 20.1 Å². The highest BCUT2D eigenvalue weighted by Gasteiger charge is 2.20. The van der Waals surface area contributed by atoms with E-state index in [1.807, 2.05) is 6.92 Å². The highest BCUT2D eigenvalue weighted by atomic mass is 16.4. The summed E-state index contributed by atoms with van der Waals surface area (Å²) >= 11 is 0. The van der Waals surface area contributed by atoms with Crippen molar-refractivity contribution in [3.05, 3.63) is 0 Å². The summed E-state index contributed by atoms with van der Waals surface area (Å²) in [4.78, 5) is 2.38. The molecule has 0 aromatic heterocycles. The second-order valence-electron chi connectivity index (χ2n) is 4.52. The molecule has 4 N–H and O–H groups in total. The predicted octanol–water partition coefficient (Wildman–Crippen LogP) is 0.585. The van der Waals surface area contributed by atoms with Gasteiger partial charge in [-0.15, -0.1) is 0 Å². The maximum absolute atomic E-state index is 8.64. The van der Waals surface area contributed by atoms with Crippen molar-refractivity contribution >= 4 is 5.84 Å². The van der Waals surface area contributed by atoms with E-state index in [0.29, 0.717) is 6.04 Å². The van der Waals surface area contributed by atoms with E-state index in [4.69, 9.17) is 10.9 Å². The molecule has 2 unspecified atom stereocenters. The van der Waals surface area contributed by atoms with Crippen molar-refractivity contribution in [1.82, 2.24) is 10.2 Å². The summed E-state index contributed by atoms with van der Waals surface area (Å²) < 4.78 is 0. The number of likely N-dealkylation sites (N-methyl/N-ethyl adjacent to an activating group) is 1. The maximum Gasteiger partial charge on any atom is 0.156 e. The predicted molar refractivity (Wildman–Crippen MR) is 65.8 cm³/mol. The molecular formula is C11H24N4O. The first kappa shape index (κ1) is 13.3. The lowest BCUT2D eigenvalue weighted by Gasteiger charge is -2.33. The van der Waals surface area contributed by atoms with Crippen molar-refractivity contribution in [3.8, 4) is 0 Å². The normalized spacial score (nSPS) is 25.6. The fraction of sp³-hybridized carbons (Fsp3) is 0.909. The number of hydrogen-bond acceptors (Lipinski definition) is 4. The summed E-state index contributed by atoms with van der Waals surface area (Å²) in [6.45, 7) is 4.11. The molecule has 2 atom stereocenters. The molecule has 5 heteroatoms. The molecule has 0 spiro atoms. The van der Waals surface area contributed by atoms with Gasteiger partial charge in [0.05, 0.1) is 6.04 Å². The maximum atomic E-state index is 8.64. The van der Waals surface area contributed by atoms with Gasteiger partial charge in [-0.1, -0.05) is 18.5 Å². The average Bonchev–Trinajstić information content (AvgIpc) is 2.31. The molecule has 1 rings (SSSR count). The van der Waals surface area contributed by atoms with E-state index in [9.17, 15) is 0 Å². The van der Waals surface area contributed by atoms with Gasteiger partial charge in [0.25, 0.3) is 0 Å². The Labute approximate surface area is 97.7 Å². The number of piperidine rings is 1. The molecule has 0 bridgehead atoms. The molecule has 0 radical (unpaired) electrons. The van der Waals surface area contributed by atoms with E-state index in [0.717, 1.165) is 13.0 Å². The van der Waals surface area contributed by atoms with E-state index in [1.54, 1.807) is 0 Å². The Morgan fingerprint density at radius 2 is 2.38 bits per heavy atom. The second kappa shape index (κ2) is 6.70. The molecule has 1 aliphatic heterocycles. The molecule has 1 heterocycles. The molecule has 0 aromatic carbocycles. The van der Waals surface area contributed by atoms with Crippen LogP contribution in [0.15, 0.2) is 5.16 Å². The van der Waals surface area contributed by atoms with Gasteiger partial charge in [0.2, 0.25) is 0 Å². The number of amidine groups is 1. The van der Waals surface area contributed by atoms with Gasteiger partial charge in [0.15, 0.2) is 5.84 Å². The fourth-order valence-electron chi connectivity index (χ4n) is 2.21. The van der Waals surface area contributed by atoms with Gasteiger partial charge < -0.3 is 21.2 Å². The smallest absolute Gasteiger partial charge is 0.156 e. The Balaban J connectivity index is 2.36. The van der Waals surface area contributed by atoms with E-state index in [2.05, 4.69) is 22.4 Å². The first-order valence-corrected chi connectivity index (χ1v) is 6.10. The lowest BCUT2D eigenvalue weighted by molar-refractivity contribution is 0.180. The van der Waals surface area contributed by atoms with Gasteiger partial charge in [-0.3, -0.25) is 0 Å². The SMILES string of the molecule is CCC(NCC1CCCCN1C)C(N)=NO. The van der Waals surface area contributed by atoms with Crippen molar-refractivity contribution in [1.29, 1.82) is 0 Å². The van der Waals surface area contributed by atoms with Crippen molar-refractivity contribution in [3.63, 3.8) is 0 Å². The minimum absolute atomic E-state index is 0.0136. The molecule has 5 nitrogen and oxygen atoms in total. The average molecular weight is 228 g/mol. The number of nitrogens with one attached hydrogen (secondary N) is 1. The number of oxime groups is 1. The number of likely N-dealkylation sites (tertiary alicyclic amines) is 1. The van der Waals surface area contributed by atoms with Crippen LogP contribution in [-0.4, -0.2) is 48.2 Å². The van der Waals surface area contributed by atoms with Crippen LogP contribution >= 0.6 is 0 Å². The molecule has 94 valence electrons. The van der Waals surface area contributed by atoms with E-state index >= 15 is 0 Å². The van der Waals surface area contributed by atoms with Crippen LogP contribution in [0.4, 0.5) is 0 Å². The van der Waals surface area contributed by atoms with Crippen LogP contribution in [0, 0.1) is 0 Å². The lowest BCUT2D eigenvalue weighted by atomic mass is 10.0. The molecule has 1 fully saturated rings. The summed E-state index contributed by atoms with van der Waals surface area (Å²) in [6.07, 6.45) is 4.67. The van der Waals surface area contributed by atoms with Gasteiger partial charge in [-0.05, 0) is 32.9 Å². The van der Waals surface area contributed by atoms with Gasteiger partial charge in [-0.2, -0.15) is 0 Å². The number of rotatable bonds is 5. The Kier molecular flexibility index (Phi) is 5.55. The Bertz CT molecular complexity index is 232. The third-order valence-electron chi connectivity index (χ3n) is 3.40. The highest BCUT2D eigenvalue weighted by Crippen LogP contribution is 2.14.